The minimum absolute atomic E-state index is 0.0921. The second kappa shape index (κ2) is 7.15. The Labute approximate surface area is 142 Å². The number of hydrogen-bond donors (Lipinski definition) is 2. The topological polar surface area (TPSA) is 70.4 Å². The highest BCUT2D eigenvalue weighted by Crippen LogP contribution is 2.26. The first-order valence-corrected chi connectivity index (χ1v) is 8.31. The average Bonchev–Trinajstić information content (AvgIpc) is 2.92. The van der Waals surface area contributed by atoms with Gasteiger partial charge in [0.25, 0.3) is 0 Å². The first-order chi connectivity index (χ1) is 11.5. The van der Waals surface area contributed by atoms with Crippen molar-refractivity contribution in [2.24, 2.45) is 7.05 Å². The Morgan fingerprint density at radius 1 is 1.33 bits per heavy atom. The van der Waals surface area contributed by atoms with Crippen LogP contribution in [0.15, 0.2) is 42.6 Å². The Bertz CT molecular complexity index is 685. The zero-order valence-electron chi connectivity index (χ0n) is 14.0. The fourth-order valence-corrected chi connectivity index (χ4v) is 3.29. The summed E-state index contributed by atoms with van der Waals surface area (Å²) in [5.74, 6) is 0.320. The second-order valence-corrected chi connectivity index (χ2v) is 6.62. The van der Waals surface area contributed by atoms with Crippen molar-refractivity contribution in [1.29, 1.82) is 0 Å². The summed E-state index contributed by atoms with van der Waals surface area (Å²) < 4.78 is 1.63. The third kappa shape index (κ3) is 4.43. The molecule has 6 heteroatoms. The van der Waals surface area contributed by atoms with Gasteiger partial charge in [-0.2, -0.15) is 5.10 Å². The molecule has 24 heavy (non-hydrogen) atoms. The van der Waals surface area contributed by atoms with E-state index >= 15 is 0 Å². The first-order valence-electron chi connectivity index (χ1n) is 8.31. The Morgan fingerprint density at radius 2 is 2.12 bits per heavy atom. The summed E-state index contributed by atoms with van der Waals surface area (Å²) in [6, 6.07) is 11.9. The van der Waals surface area contributed by atoms with E-state index in [4.69, 9.17) is 0 Å². The molecule has 1 unspecified atom stereocenters. The summed E-state index contributed by atoms with van der Waals surface area (Å²) in [4.78, 5) is 14.4. The number of aliphatic hydroxyl groups is 1. The summed E-state index contributed by atoms with van der Waals surface area (Å²) in [5.41, 5.74) is 0.242. The minimum atomic E-state index is -0.980. The smallest absolute Gasteiger partial charge is 0.228 e. The van der Waals surface area contributed by atoms with Gasteiger partial charge in [-0.25, -0.2) is 0 Å². The first kappa shape index (κ1) is 16.7. The molecule has 2 heterocycles. The number of piperidine rings is 1. The van der Waals surface area contributed by atoms with Gasteiger partial charge < -0.3 is 10.4 Å². The van der Waals surface area contributed by atoms with E-state index in [1.807, 2.05) is 18.2 Å². The number of carbonyl (C=O) groups excluding carboxylic acids is 1. The molecule has 1 saturated heterocycles. The van der Waals surface area contributed by atoms with E-state index in [0.717, 1.165) is 19.5 Å². The minimum Gasteiger partial charge on any atom is -0.388 e. The third-order valence-electron chi connectivity index (χ3n) is 4.35. The lowest BCUT2D eigenvalue weighted by Gasteiger charge is -2.38. The van der Waals surface area contributed by atoms with E-state index in [2.05, 4.69) is 27.4 Å². The summed E-state index contributed by atoms with van der Waals surface area (Å²) in [7, 11) is 1.80. The molecule has 2 N–H and O–H groups in total. The maximum absolute atomic E-state index is 12.2. The maximum Gasteiger partial charge on any atom is 0.228 e. The van der Waals surface area contributed by atoms with Gasteiger partial charge in [0, 0.05) is 32.4 Å². The van der Waals surface area contributed by atoms with Crippen molar-refractivity contribution < 1.29 is 9.90 Å². The number of carbonyl (C=O) groups is 1. The number of nitrogens with zero attached hydrogens (tertiary/aromatic N) is 3. The number of benzene rings is 1. The summed E-state index contributed by atoms with van der Waals surface area (Å²) >= 11 is 0. The van der Waals surface area contributed by atoms with E-state index in [-0.39, 0.29) is 12.3 Å². The molecular weight excluding hydrogens is 304 g/mol. The van der Waals surface area contributed by atoms with Crippen molar-refractivity contribution in [1.82, 2.24) is 14.7 Å². The van der Waals surface area contributed by atoms with Crippen LogP contribution in [0.5, 0.6) is 0 Å². The summed E-state index contributed by atoms with van der Waals surface area (Å²) in [6.45, 7) is 2.25. The fraction of sp³-hybridized carbons (Fsp3) is 0.444. The lowest BCUT2D eigenvalue weighted by molar-refractivity contribution is -0.123. The number of nitrogens with one attached hydrogen (secondary N) is 1. The molecule has 0 radical (unpaired) electrons. The van der Waals surface area contributed by atoms with Crippen LogP contribution in [0.1, 0.15) is 24.8 Å². The molecular formula is C18H24N4O2. The molecule has 0 aliphatic carbocycles. The molecule has 0 bridgehead atoms. The highest BCUT2D eigenvalue weighted by Gasteiger charge is 2.35. The lowest BCUT2D eigenvalue weighted by atomic mass is 9.89. The van der Waals surface area contributed by atoms with Gasteiger partial charge in [0.2, 0.25) is 5.91 Å². The van der Waals surface area contributed by atoms with Crippen molar-refractivity contribution in [2.45, 2.75) is 31.4 Å². The van der Waals surface area contributed by atoms with Gasteiger partial charge in [-0.15, -0.1) is 0 Å². The number of aromatic nitrogens is 2. The number of hydrogen-bond acceptors (Lipinski definition) is 4. The Balaban J connectivity index is 1.56. The molecule has 6 nitrogen and oxygen atoms in total. The molecule has 2 aromatic rings. The van der Waals surface area contributed by atoms with Crippen molar-refractivity contribution in [2.75, 3.05) is 18.4 Å². The molecule has 1 aliphatic rings. The zero-order valence-corrected chi connectivity index (χ0v) is 14.0. The van der Waals surface area contributed by atoms with Gasteiger partial charge in [0.05, 0.1) is 12.0 Å². The molecule has 0 saturated carbocycles. The second-order valence-electron chi connectivity index (χ2n) is 6.62. The molecule has 1 amide bonds. The van der Waals surface area contributed by atoms with Gasteiger partial charge >= 0.3 is 0 Å². The van der Waals surface area contributed by atoms with Crippen molar-refractivity contribution in [3.05, 3.63) is 48.2 Å². The van der Waals surface area contributed by atoms with E-state index < -0.39 is 5.60 Å². The van der Waals surface area contributed by atoms with E-state index in [0.29, 0.717) is 18.8 Å². The van der Waals surface area contributed by atoms with Crippen LogP contribution in [0.3, 0.4) is 0 Å². The number of amides is 1. The van der Waals surface area contributed by atoms with Gasteiger partial charge in [0.1, 0.15) is 0 Å². The van der Waals surface area contributed by atoms with Gasteiger partial charge in [-0.1, -0.05) is 30.3 Å². The predicted molar refractivity (Wildman–Crippen MR) is 92.4 cm³/mol. The van der Waals surface area contributed by atoms with E-state index in [1.165, 1.54) is 5.56 Å². The maximum atomic E-state index is 12.2. The van der Waals surface area contributed by atoms with Gasteiger partial charge in [0.15, 0.2) is 5.82 Å². The molecule has 1 atom stereocenters. The largest absolute Gasteiger partial charge is 0.388 e. The highest BCUT2D eigenvalue weighted by molar-refractivity contribution is 5.90. The Morgan fingerprint density at radius 3 is 2.83 bits per heavy atom. The number of aryl methyl sites for hydroxylation is 1. The standard InChI is InChI=1S/C18H24N4O2/c1-21-11-8-16(20-21)19-17(23)12-18(24)9-5-10-22(14-18)13-15-6-3-2-4-7-15/h2-4,6-8,11,24H,5,9-10,12-14H2,1H3,(H,19,20,23). The summed E-state index contributed by atoms with van der Waals surface area (Å²) in [5, 5.41) is 17.7. The lowest BCUT2D eigenvalue weighted by Crippen LogP contribution is -2.49. The number of β-amino-alcohol motifs (C(OH)–C–C–N with tert-alkyl or cyclic N) is 1. The third-order valence-corrected chi connectivity index (χ3v) is 4.35. The van der Waals surface area contributed by atoms with Crippen LogP contribution in [0, 0.1) is 0 Å². The number of anilines is 1. The normalized spacial score (nSPS) is 21.6. The fourth-order valence-electron chi connectivity index (χ4n) is 3.29. The Hall–Kier alpha value is -2.18. The zero-order chi connectivity index (χ0) is 17.0. The van der Waals surface area contributed by atoms with Crippen LogP contribution in [-0.2, 0) is 18.4 Å². The predicted octanol–water partition coefficient (Wildman–Crippen LogP) is 1.78. The van der Waals surface area contributed by atoms with Crippen LogP contribution in [0.4, 0.5) is 5.82 Å². The number of likely N-dealkylation sites (tertiary alicyclic amines) is 1. The van der Waals surface area contributed by atoms with Crippen LogP contribution in [0.25, 0.3) is 0 Å². The van der Waals surface area contributed by atoms with Crippen LogP contribution in [-0.4, -0.2) is 44.4 Å². The van der Waals surface area contributed by atoms with Crippen molar-refractivity contribution in [3.63, 3.8) is 0 Å². The SMILES string of the molecule is Cn1ccc(NC(=O)CC2(O)CCCN(Cc3ccccc3)C2)n1. The van der Waals surface area contributed by atoms with E-state index in [1.54, 1.807) is 24.0 Å². The average molecular weight is 328 g/mol. The molecule has 128 valence electrons. The van der Waals surface area contributed by atoms with Gasteiger partial charge in [-0.05, 0) is 24.9 Å². The van der Waals surface area contributed by atoms with Crippen LogP contribution >= 0.6 is 0 Å². The monoisotopic (exact) mass is 328 g/mol. The molecule has 0 spiro atoms. The highest BCUT2D eigenvalue weighted by atomic mass is 16.3. The molecule has 1 aromatic carbocycles. The number of rotatable bonds is 5. The Kier molecular flexibility index (Phi) is 4.97. The van der Waals surface area contributed by atoms with Gasteiger partial charge in [-0.3, -0.25) is 14.4 Å². The molecule has 1 aromatic heterocycles. The van der Waals surface area contributed by atoms with Crippen LogP contribution in [0.2, 0.25) is 0 Å². The van der Waals surface area contributed by atoms with Crippen molar-refractivity contribution in [3.8, 4) is 0 Å². The molecule has 3 rings (SSSR count). The van der Waals surface area contributed by atoms with Crippen molar-refractivity contribution >= 4 is 11.7 Å². The summed E-state index contributed by atoms with van der Waals surface area (Å²) in [6.07, 6.45) is 3.40. The molecule has 1 fully saturated rings. The molecule has 1 aliphatic heterocycles. The quantitative estimate of drug-likeness (QED) is 0.878. The van der Waals surface area contributed by atoms with Crippen LogP contribution < -0.4 is 5.32 Å². The van der Waals surface area contributed by atoms with E-state index in [9.17, 15) is 9.90 Å².